The predicted octanol–water partition coefficient (Wildman–Crippen LogP) is -0.303. The monoisotopic (exact) mass is 384 g/mol. The first-order valence-corrected chi connectivity index (χ1v) is 9.82. The molecule has 146 valence electrons. The van der Waals surface area contributed by atoms with Crippen molar-refractivity contribution in [1.29, 1.82) is 0 Å². The topological polar surface area (TPSA) is 122 Å². The van der Waals surface area contributed by atoms with Crippen molar-refractivity contribution in [2.24, 2.45) is 10.6 Å². The molecule has 0 bridgehead atoms. The van der Waals surface area contributed by atoms with Crippen LogP contribution in [0.4, 0.5) is 0 Å². The molecular weight excluding hydrogens is 356 g/mol. The summed E-state index contributed by atoms with van der Waals surface area (Å²) in [7, 11) is 0.0917. The SMILES string of the molecule is CN(C)CCNC(=O)C(C)(C)C(=O)NCCc1ccc(S(N)(=O)=O)cc1. The Morgan fingerprint density at radius 1 is 1.04 bits per heavy atom. The third-order valence-electron chi connectivity index (χ3n) is 3.93. The van der Waals surface area contributed by atoms with Crippen molar-refractivity contribution >= 4 is 21.8 Å². The number of hydrogen-bond donors (Lipinski definition) is 3. The molecule has 1 aromatic carbocycles. The van der Waals surface area contributed by atoms with Crippen molar-refractivity contribution in [3.8, 4) is 0 Å². The van der Waals surface area contributed by atoms with Gasteiger partial charge in [0, 0.05) is 19.6 Å². The second-order valence-electron chi connectivity index (χ2n) is 6.88. The number of primary sulfonamides is 1. The minimum absolute atomic E-state index is 0.0424. The van der Waals surface area contributed by atoms with Gasteiger partial charge in [-0.05, 0) is 52.1 Å². The molecule has 0 spiro atoms. The predicted molar refractivity (Wildman–Crippen MR) is 99.9 cm³/mol. The molecule has 8 nitrogen and oxygen atoms in total. The number of benzene rings is 1. The Kier molecular flexibility index (Phi) is 7.73. The van der Waals surface area contributed by atoms with E-state index < -0.39 is 15.4 Å². The molecule has 0 atom stereocenters. The second-order valence-corrected chi connectivity index (χ2v) is 8.44. The third kappa shape index (κ3) is 6.74. The average Bonchev–Trinajstić information content (AvgIpc) is 2.53. The van der Waals surface area contributed by atoms with Crippen molar-refractivity contribution in [2.45, 2.75) is 25.2 Å². The number of nitrogens with one attached hydrogen (secondary N) is 2. The first kappa shape index (κ1) is 22.1. The molecular formula is C17H28N4O4S. The molecule has 0 heterocycles. The van der Waals surface area contributed by atoms with Crippen LogP contribution < -0.4 is 15.8 Å². The molecule has 0 aliphatic rings. The molecule has 1 rings (SSSR count). The number of nitrogens with zero attached hydrogens (tertiary/aromatic N) is 1. The average molecular weight is 385 g/mol. The van der Waals surface area contributed by atoms with Gasteiger partial charge in [-0.25, -0.2) is 13.6 Å². The molecule has 0 saturated carbocycles. The summed E-state index contributed by atoms with van der Waals surface area (Å²) < 4.78 is 22.4. The summed E-state index contributed by atoms with van der Waals surface area (Å²) in [5.41, 5.74) is -0.324. The highest BCUT2D eigenvalue weighted by Crippen LogP contribution is 2.15. The van der Waals surface area contributed by atoms with Crippen LogP contribution in [0.25, 0.3) is 0 Å². The fourth-order valence-corrected chi connectivity index (χ4v) is 2.62. The van der Waals surface area contributed by atoms with E-state index >= 15 is 0 Å². The van der Waals surface area contributed by atoms with Crippen LogP contribution in [-0.4, -0.2) is 58.9 Å². The van der Waals surface area contributed by atoms with Gasteiger partial charge in [-0.3, -0.25) is 9.59 Å². The lowest BCUT2D eigenvalue weighted by Crippen LogP contribution is -2.49. The van der Waals surface area contributed by atoms with E-state index in [1.807, 2.05) is 19.0 Å². The molecule has 4 N–H and O–H groups in total. The molecule has 9 heteroatoms. The van der Waals surface area contributed by atoms with Crippen LogP contribution in [0.1, 0.15) is 19.4 Å². The van der Waals surface area contributed by atoms with E-state index in [-0.39, 0.29) is 16.7 Å². The van der Waals surface area contributed by atoms with Crippen LogP contribution in [0.2, 0.25) is 0 Å². The summed E-state index contributed by atoms with van der Waals surface area (Å²) in [4.78, 5) is 26.5. The molecule has 0 fully saturated rings. The maximum Gasteiger partial charge on any atom is 0.238 e. The van der Waals surface area contributed by atoms with E-state index in [9.17, 15) is 18.0 Å². The minimum Gasteiger partial charge on any atom is -0.355 e. The van der Waals surface area contributed by atoms with E-state index in [0.29, 0.717) is 26.1 Å². The van der Waals surface area contributed by atoms with Gasteiger partial charge in [0.05, 0.1) is 4.90 Å². The van der Waals surface area contributed by atoms with Gasteiger partial charge in [0.15, 0.2) is 0 Å². The Hall–Kier alpha value is -1.97. The number of nitrogens with two attached hydrogens (primary N) is 1. The van der Waals surface area contributed by atoms with Crippen LogP contribution >= 0.6 is 0 Å². The maximum atomic E-state index is 12.3. The van der Waals surface area contributed by atoms with Gasteiger partial charge in [-0.15, -0.1) is 0 Å². The van der Waals surface area contributed by atoms with Gasteiger partial charge in [0.25, 0.3) is 0 Å². The Morgan fingerprint density at radius 3 is 2.00 bits per heavy atom. The fraction of sp³-hybridized carbons (Fsp3) is 0.529. The van der Waals surface area contributed by atoms with Crippen molar-refractivity contribution in [3.05, 3.63) is 29.8 Å². The zero-order valence-corrected chi connectivity index (χ0v) is 16.5. The van der Waals surface area contributed by atoms with Gasteiger partial charge < -0.3 is 15.5 Å². The van der Waals surface area contributed by atoms with E-state index in [1.54, 1.807) is 26.0 Å². The summed E-state index contributed by atoms with van der Waals surface area (Å²) >= 11 is 0. The van der Waals surface area contributed by atoms with E-state index in [1.165, 1.54) is 12.1 Å². The molecule has 1 aromatic rings. The lowest BCUT2D eigenvalue weighted by Gasteiger charge is -2.23. The molecule has 0 aliphatic carbocycles. The summed E-state index contributed by atoms with van der Waals surface area (Å²) in [5, 5.41) is 10.5. The molecule has 26 heavy (non-hydrogen) atoms. The van der Waals surface area contributed by atoms with Gasteiger partial charge >= 0.3 is 0 Å². The highest BCUT2D eigenvalue weighted by Gasteiger charge is 2.35. The zero-order valence-electron chi connectivity index (χ0n) is 15.7. The van der Waals surface area contributed by atoms with Crippen LogP contribution in [0.15, 0.2) is 29.2 Å². The number of carbonyl (C=O) groups excluding carboxylic acids is 2. The third-order valence-corrected chi connectivity index (χ3v) is 4.86. The summed E-state index contributed by atoms with van der Waals surface area (Å²) in [5.74, 6) is -0.685. The van der Waals surface area contributed by atoms with Crippen molar-refractivity contribution in [2.75, 3.05) is 33.7 Å². The fourth-order valence-electron chi connectivity index (χ4n) is 2.10. The molecule has 0 aliphatic heterocycles. The number of amides is 2. The van der Waals surface area contributed by atoms with Gasteiger partial charge in [-0.1, -0.05) is 12.1 Å². The van der Waals surface area contributed by atoms with Crippen molar-refractivity contribution in [3.63, 3.8) is 0 Å². The van der Waals surface area contributed by atoms with E-state index in [2.05, 4.69) is 10.6 Å². The normalized spacial score (nSPS) is 12.1. The lowest BCUT2D eigenvalue weighted by atomic mass is 9.91. The number of rotatable bonds is 9. The van der Waals surface area contributed by atoms with Crippen LogP contribution in [0, 0.1) is 5.41 Å². The summed E-state index contributed by atoms with van der Waals surface area (Å²) in [6, 6.07) is 6.14. The maximum absolute atomic E-state index is 12.3. The second kappa shape index (κ2) is 9.11. The highest BCUT2D eigenvalue weighted by molar-refractivity contribution is 7.89. The summed E-state index contributed by atoms with van der Waals surface area (Å²) in [6.45, 7) is 4.65. The number of hydrogen-bond acceptors (Lipinski definition) is 5. The van der Waals surface area contributed by atoms with Gasteiger partial charge in [-0.2, -0.15) is 0 Å². The van der Waals surface area contributed by atoms with E-state index in [4.69, 9.17) is 5.14 Å². The minimum atomic E-state index is -3.71. The van der Waals surface area contributed by atoms with Gasteiger partial charge in [0.2, 0.25) is 21.8 Å². The lowest BCUT2D eigenvalue weighted by molar-refractivity contribution is -0.141. The standard InChI is InChI=1S/C17H28N4O4S/c1-17(2,16(23)20-11-12-21(3)4)15(22)19-10-9-13-5-7-14(8-6-13)26(18,24)25/h5-8H,9-12H2,1-4H3,(H,19,22)(H,20,23)(H2,18,24,25). The van der Waals surface area contributed by atoms with Crippen molar-refractivity contribution in [1.82, 2.24) is 15.5 Å². The largest absolute Gasteiger partial charge is 0.355 e. The highest BCUT2D eigenvalue weighted by atomic mass is 32.2. The van der Waals surface area contributed by atoms with E-state index in [0.717, 1.165) is 5.56 Å². The van der Waals surface area contributed by atoms with Crippen LogP contribution in [0.5, 0.6) is 0 Å². The van der Waals surface area contributed by atoms with Crippen LogP contribution in [0.3, 0.4) is 0 Å². The first-order chi connectivity index (χ1) is 11.9. The summed E-state index contributed by atoms with van der Waals surface area (Å²) in [6.07, 6.45) is 0.509. The quantitative estimate of drug-likeness (QED) is 0.505. The number of likely N-dealkylation sites (N-methyl/N-ethyl adjacent to an activating group) is 1. The Morgan fingerprint density at radius 2 is 1.54 bits per heavy atom. The van der Waals surface area contributed by atoms with Crippen LogP contribution in [-0.2, 0) is 26.0 Å². The first-order valence-electron chi connectivity index (χ1n) is 8.27. The smallest absolute Gasteiger partial charge is 0.238 e. The Balaban J connectivity index is 2.50. The van der Waals surface area contributed by atoms with Gasteiger partial charge in [0.1, 0.15) is 5.41 Å². The zero-order chi connectivity index (χ0) is 20.0. The molecule has 0 radical (unpaired) electrons. The Bertz CT molecular complexity index is 728. The molecule has 0 saturated heterocycles. The molecule has 2 amide bonds. The van der Waals surface area contributed by atoms with Crippen molar-refractivity contribution < 1.29 is 18.0 Å². The number of sulfonamides is 1. The molecule has 0 unspecified atom stereocenters. The Labute approximate surface area is 155 Å². The number of carbonyl (C=O) groups is 2. The molecule has 0 aromatic heterocycles.